The molecule has 5 heteroatoms. The van der Waals surface area contributed by atoms with Gasteiger partial charge in [-0.25, -0.2) is 0 Å². The van der Waals surface area contributed by atoms with Crippen LogP contribution in [0.15, 0.2) is 66.7 Å². The molecule has 2 nitrogen and oxygen atoms in total. The maximum Gasteiger partial charge on any atom is 0.119 e. The molecule has 0 saturated carbocycles. The first-order valence-corrected chi connectivity index (χ1v) is 9.85. The van der Waals surface area contributed by atoms with Gasteiger partial charge in [-0.3, -0.25) is 0 Å². The number of hydrogen-bond acceptors (Lipinski definition) is 2. The van der Waals surface area contributed by atoms with E-state index in [-0.39, 0.29) is 0 Å². The van der Waals surface area contributed by atoms with Crippen molar-refractivity contribution in [3.05, 3.63) is 98.5 Å². The van der Waals surface area contributed by atoms with Gasteiger partial charge in [0.25, 0.3) is 0 Å². The lowest BCUT2D eigenvalue weighted by Crippen LogP contribution is -2.16. The molecule has 1 N–H and O–H groups in total. The molecular weight excluding hydrogens is 401 g/mol. The molecule has 3 aromatic rings. The number of rotatable bonds is 8. The van der Waals surface area contributed by atoms with Crippen LogP contribution >= 0.6 is 34.8 Å². The summed E-state index contributed by atoms with van der Waals surface area (Å²) in [6, 6.07) is 21.4. The van der Waals surface area contributed by atoms with Gasteiger partial charge in [0.1, 0.15) is 12.4 Å². The highest BCUT2D eigenvalue weighted by atomic mass is 35.5. The maximum absolute atomic E-state index is 6.16. The van der Waals surface area contributed by atoms with E-state index in [1.165, 1.54) is 11.1 Å². The highest BCUT2D eigenvalue weighted by molar-refractivity contribution is 6.35. The van der Waals surface area contributed by atoms with E-state index in [0.29, 0.717) is 16.7 Å². The van der Waals surface area contributed by atoms with Crippen molar-refractivity contribution < 1.29 is 4.74 Å². The SMILES string of the molecule is Clc1ccc(CCNCc2ccc(OCc3c(Cl)cccc3Cl)cc2)cc1. The maximum atomic E-state index is 6.16. The third kappa shape index (κ3) is 6.15. The van der Waals surface area contributed by atoms with Crippen LogP contribution in [0.4, 0.5) is 0 Å². The minimum absolute atomic E-state index is 0.344. The van der Waals surface area contributed by atoms with Crippen molar-refractivity contribution >= 4 is 34.8 Å². The van der Waals surface area contributed by atoms with E-state index < -0.39 is 0 Å². The average molecular weight is 421 g/mol. The average Bonchev–Trinajstić information content (AvgIpc) is 2.67. The molecule has 0 aromatic heterocycles. The second-order valence-corrected chi connectivity index (χ2v) is 7.44. The first-order valence-electron chi connectivity index (χ1n) is 8.71. The molecule has 0 aliphatic rings. The summed E-state index contributed by atoms with van der Waals surface area (Å²) < 4.78 is 5.80. The summed E-state index contributed by atoms with van der Waals surface area (Å²) >= 11 is 18.2. The Morgan fingerprint density at radius 3 is 2.04 bits per heavy atom. The van der Waals surface area contributed by atoms with Crippen LogP contribution in [0.3, 0.4) is 0 Å². The molecule has 0 saturated heterocycles. The zero-order valence-electron chi connectivity index (χ0n) is 14.7. The summed E-state index contributed by atoms with van der Waals surface area (Å²) in [4.78, 5) is 0. The van der Waals surface area contributed by atoms with Crippen LogP contribution in [0.25, 0.3) is 0 Å². The molecule has 3 aromatic carbocycles. The molecule has 0 aliphatic heterocycles. The number of hydrogen-bond donors (Lipinski definition) is 1. The second kappa shape index (κ2) is 10.0. The Balaban J connectivity index is 1.44. The topological polar surface area (TPSA) is 21.3 Å². The second-order valence-electron chi connectivity index (χ2n) is 6.19. The molecule has 0 atom stereocenters. The third-order valence-corrected chi connectivity index (χ3v) is 5.16. The minimum Gasteiger partial charge on any atom is -0.489 e. The van der Waals surface area contributed by atoms with E-state index in [0.717, 1.165) is 35.8 Å². The molecule has 0 aliphatic carbocycles. The van der Waals surface area contributed by atoms with Crippen LogP contribution in [-0.4, -0.2) is 6.54 Å². The van der Waals surface area contributed by atoms with Gasteiger partial charge < -0.3 is 10.1 Å². The smallest absolute Gasteiger partial charge is 0.119 e. The normalized spacial score (nSPS) is 10.8. The summed E-state index contributed by atoms with van der Waals surface area (Å²) in [5, 5.41) is 5.45. The Hall–Kier alpha value is -1.71. The van der Waals surface area contributed by atoms with E-state index in [1.807, 2.05) is 42.5 Å². The predicted octanol–water partition coefficient (Wildman–Crippen LogP) is 6.56. The van der Waals surface area contributed by atoms with Crippen LogP contribution in [0.5, 0.6) is 5.75 Å². The van der Waals surface area contributed by atoms with Gasteiger partial charge in [-0.05, 0) is 60.5 Å². The molecule has 140 valence electrons. The molecule has 3 rings (SSSR count). The van der Waals surface area contributed by atoms with Crippen LogP contribution in [-0.2, 0) is 19.6 Å². The zero-order chi connectivity index (χ0) is 19.1. The van der Waals surface area contributed by atoms with Crippen molar-refractivity contribution in [2.75, 3.05) is 6.54 Å². The van der Waals surface area contributed by atoms with Crippen molar-refractivity contribution in [3.63, 3.8) is 0 Å². The Bertz CT molecular complexity index is 843. The van der Waals surface area contributed by atoms with Gasteiger partial charge in [0.15, 0.2) is 0 Å². The highest BCUT2D eigenvalue weighted by Crippen LogP contribution is 2.26. The van der Waals surface area contributed by atoms with Crippen LogP contribution in [0.1, 0.15) is 16.7 Å². The number of benzene rings is 3. The molecule has 0 spiro atoms. The fourth-order valence-corrected chi connectivity index (χ4v) is 3.28. The Morgan fingerprint density at radius 2 is 1.37 bits per heavy atom. The monoisotopic (exact) mass is 419 g/mol. The molecule has 0 heterocycles. The van der Waals surface area contributed by atoms with E-state index in [4.69, 9.17) is 39.5 Å². The van der Waals surface area contributed by atoms with E-state index in [1.54, 1.807) is 0 Å². The van der Waals surface area contributed by atoms with Crippen LogP contribution in [0.2, 0.25) is 15.1 Å². The molecule has 0 amide bonds. The van der Waals surface area contributed by atoms with Gasteiger partial charge in [-0.15, -0.1) is 0 Å². The third-order valence-electron chi connectivity index (χ3n) is 4.20. The van der Waals surface area contributed by atoms with E-state index >= 15 is 0 Å². The first-order chi connectivity index (χ1) is 13.1. The summed E-state index contributed by atoms with van der Waals surface area (Å²) in [5.41, 5.74) is 3.27. The zero-order valence-corrected chi connectivity index (χ0v) is 17.0. The van der Waals surface area contributed by atoms with Crippen molar-refractivity contribution in [2.24, 2.45) is 0 Å². The molecule has 0 radical (unpaired) electrons. The van der Waals surface area contributed by atoms with Crippen LogP contribution < -0.4 is 10.1 Å². The van der Waals surface area contributed by atoms with Gasteiger partial charge in [0.05, 0.1) is 0 Å². The molecule has 27 heavy (non-hydrogen) atoms. The van der Waals surface area contributed by atoms with Crippen LogP contribution in [0, 0.1) is 0 Å². The quantitative estimate of drug-likeness (QED) is 0.417. The van der Waals surface area contributed by atoms with Crippen molar-refractivity contribution in [3.8, 4) is 5.75 Å². The van der Waals surface area contributed by atoms with E-state index in [9.17, 15) is 0 Å². The number of ether oxygens (including phenoxy) is 1. The minimum atomic E-state index is 0.344. The fourth-order valence-electron chi connectivity index (χ4n) is 2.65. The molecule has 0 unspecified atom stereocenters. The lowest BCUT2D eigenvalue weighted by molar-refractivity contribution is 0.306. The summed E-state index contributed by atoms with van der Waals surface area (Å²) in [5.74, 6) is 0.788. The highest BCUT2D eigenvalue weighted by Gasteiger charge is 2.06. The number of nitrogens with one attached hydrogen (secondary N) is 1. The van der Waals surface area contributed by atoms with Gasteiger partial charge in [-0.1, -0.05) is 65.1 Å². The summed E-state index contributed by atoms with van der Waals surface area (Å²) in [7, 11) is 0. The van der Waals surface area contributed by atoms with Gasteiger partial charge >= 0.3 is 0 Å². The lowest BCUT2D eigenvalue weighted by Gasteiger charge is -2.10. The van der Waals surface area contributed by atoms with E-state index in [2.05, 4.69) is 29.6 Å². The lowest BCUT2D eigenvalue weighted by atomic mass is 10.1. The summed E-state index contributed by atoms with van der Waals surface area (Å²) in [6.45, 7) is 2.06. The molecule has 0 fully saturated rings. The molecule has 0 bridgehead atoms. The van der Waals surface area contributed by atoms with Gasteiger partial charge in [0, 0.05) is 27.2 Å². The van der Waals surface area contributed by atoms with Gasteiger partial charge in [-0.2, -0.15) is 0 Å². The van der Waals surface area contributed by atoms with Crippen molar-refractivity contribution in [2.45, 2.75) is 19.6 Å². The fraction of sp³-hybridized carbons (Fsp3) is 0.182. The number of halogens is 3. The first kappa shape index (κ1) is 20.0. The summed E-state index contributed by atoms with van der Waals surface area (Å²) in [6.07, 6.45) is 0.969. The largest absolute Gasteiger partial charge is 0.489 e. The Labute approximate surface area is 175 Å². The standard InChI is InChI=1S/C22H20Cl3NO/c23-18-8-4-16(5-9-18)12-13-26-14-17-6-10-19(11-7-17)27-15-20-21(24)2-1-3-22(20)25/h1-11,26H,12-15H2. The predicted molar refractivity (Wildman–Crippen MR) is 114 cm³/mol. The van der Waals surface area contributed by atoms with Crippen molar-refractivity contribution in [1.29, 1.82) is 0 Å². The van der Waals surface area contributed by atoms with Gasteiger partial charge in [0.2, 0.25) is 0 Å². The Morgan fingerprint density at radius 1 is 0.741 bits per heavy atom. The Kier molecular flexibility index (Phi) is 7.42. The van der Waals surface area contributed by atoms with Crippen molar-refractivity contribution in [1.82, 2.24) is 5.32 Å². The molecular formula is C22H20Cl3NO.